The van der Waals surface area contributed by atoms with Gasteiger partial charge in [-0.1, -0.05) is 12.1 Å². The molecule has 2 fully saturated rings. The van der Waals surface area contributed by atoms with Crippen LogP contribution in [0.4, 0.5) is 24.7 Å². The van der Waals surface area contributed by atoms with Gasteiger partial charge in [-0.3, -0.25) is 9.59 Å². The highest BCUT2D eigenvalue weighted by atomic mass is 19.4. The van der Waals surface area contributed by atoms with E-state index in [9.17, 15) is 22.8 Å². The predicted molar refractivity (Wildman–Crippen MR) is 121 cm³/mol. The van der Waals surface area contributed by atoms with Gasteiger partial charge in [-0.05, 0) is 55.0 Å². The molecule has 0 spiro atoms. The topological polar surface area (TPSA) is 78.4 Å². The van der Waals surface area contributed by atoms with Gasteiger partial charge >= 0.3 is 6.18 Å². The molecule has 182 valence electrons. The van der Waals surface area contributed by atoms with Crippen LogP contribution in [0.25, 0.3) is 0 Å². The first kappa shape index (κ1) is 24.0. The molecule has 0 bridgehead atoms. The van der Waals surface area contributed by atoms with Crippen LogP contribution in [0.5, 0.6) is 0 Å². The lowest BCUT2D eigenvalue weighted by atomic mass is 9.90. The highest BCUT2D eigenvalue weighted by Crippen LogP contribution is 2.26. The maximum Gasteiger partial charge on any atom is 0.389 e. The van der Waals surface area contributed by atoms with Gasteiger partial charge < -0.3 is 15.1 Å². The zero-order chi connectivity index (χ0) is 24.1. The Balaban J connectivity index is 1.17. The number of hydrogen-bond acceptors (Lipinski definition) is 5. The monoisotopic (exact) mass is 475 g/mol. The fourth-order valence-electron chi connectivity index (χ4n) is 4.39. The Kier molecular flexibility index (Phi) is 7.33. The highest BCUT2D eigenvalue weighted by molar-refractivity contribution is 5.94. The van der Waals surface area contributed by atoms with E-state index in [4.69, 9.17) is 0 Å². The molecule has 7 nitrogen and oxygen atoms in total. The van der Waals surface area contributed by atoms with Crippen molar-refractivity contribution in [2.75, 3.05) is 36.4 Å². The first-order chi connectivity index (χ1) is 16.3. The molecule has 0 radical (unpaired) electrons. The number of piperidine rings is 1. The van der Waals surface area contributed by atoms with E-state index in [0.29, 0.717) is 32.1 Å². The van der Waals surface area contributed by atoms with E-state index in [2.05, 4.69) is 15.5 Å². The normalized spacial score (nSPS) is 17.4. The van der Waals surface area contributed by atoms with Crippen LogP contribution in [0.15, 0.2) is 42.6 Å². The maximum absolute atomic E-state index is 12.5. The molecule has 1 aromatic carbocycles. The molecule has 2 aromatic rings. The van der Waals surface area contributed by atoms with Crippen LogP contribution in [0.2, 0.25) is 0 Å². The molecule has 1 aromatic heterocycles. The van der Waals surface area contributed by atoms with Gasteiger partial charge in [-0.15, -0.1) is 5.10 Å². The lowest BCUT2D eigenvalue weighted by Gasteiger charge is -2.38. The minimum absolute atomic E-state index is 0.0181. The number of carbonyl (C=O) groups is 2. The van der Waals surface area contributed by atoms with Gasteiger partial charge in [0.05, 0.1) is 12.3 Å². The molecule has 2 aliphatic heterocycles. The quantitative estimate of drug-likeness (QED) is 0.661. The second-order valence-corrected chi connectivity index (χ2v) is 9.01. The molecular weight excluding hydrogens is 447 g/mol. The van der Waals surface area contributed by atoms with Gasteiger partial charge in [0.2, 0.25) is 11.8 Å². The summed E-state index contributed by atoms with van der Waals surface area (Å²) in [5, 5.41) is 10.9. The summed E-state index contributed by atoms with van der Waals surface area (Å²) in [5.41, 5.74) is 1.88. The number of anilines is 2. The van der Waals surface area contributed by atoms with Crippen LogP contribution in [0.1, 0.15) is 31.2 Å². The highest BCUT2D eigenvalue weighted by Gasteiger charge is 2.34. The van der Waals surface area contributed by atoms with Crippen LogP contribution in [0.3, 0.4) is 0 Å². The van der Waals surface area contributed by atoms with Gasteiger partial charge in [0.25, 0.3) is 0 Å². The van der Waals surface area contributed by atoms with Crippen molar-refractivity contribution >= 4 is 23.3 Å². The van der Waals surface area contributed by atoms with Crippen LogP contribution >= 0.6 is 0 Å². The van der Waals surface area contributed by atoms with Crippen molar-refractivity contribution in [3.8, 4) is 0 Å². The Morgan fingerprint density at radius 3 is 2.38 bits per heavy atom. The van der Waals surface area contributed by atoms with Gasteiger partial charge in [0, 0.05) is 44.5 Å². The summed E-state index contributed by atoms with van der Waals surface area (Å²) < 4.78 is 37.0. The van der Waals surface area contributed by atoms with Crippen molar-refractivity contribution in [1.29, 1.82) is 0 Å². The Bertz CT molecular complexity index is 970. The first-order valence-electron chi connectivity index (χ1n) is 11.5. The van der Waals surface area contributed by atoms with Crippen molar-refractivity contribution in [3.05, 3.63) is 48.2 Å². The van der Waals surface area contributed by atoms with E-state index < -0.39 is 24.9 Å². The lowest BCUT2D eigenvalue weighted by molar-refractivity contribution is -0.149. The number of hydrogen-bond donors (Lipinski definition) is 1. The van der Waals surface area contributed by atoms with E-state index in [1.807, 2.05) is 41.3 Å². The molecule has 0 saturated carbocycles. The molecule has 4 rings (SSSR count). The van der Waals surface area contributed by atoms with Gasteiger partial charge in [0.1, 0.15) is 0 Å². The summed E-state index contributed by atoms with van der Waals surface area (Å²) in [5.74, 6) is 0.630. The first-order valence-corrected chi connectivity index (χ1v) is 11.5. The van der Waals surface area contributed by atoms with Gasteiger partial charge in [-0.2, -0.15) is 18.3 Å². The number of aromatic nitrogens is 2. The molecule has 1 N–H and O–H groups in total. The predicted octanol–water partition coefficient (Wildman–Crippen LogP) is 3.68. The number of halogens is 3. The Hall–Kier alpha value is -3.17. The van der Waals surface area contributed by atoms with Crippen LogP contribution in [-0.4, -0.2) is 59.3 Å². The van der Waals surface area contributed by atoms with E-state index >= 15 is 0 Å². The summed E-state index contributed by atoms with van der Waals surface area (Å²) in [6, 6.07) is 11.4. The molecule has 0 aliphatic carbocycles. The summed E-state index contributed by atoms with van der Waals surface area (Å²) >= 11 is 0. The zero-order valence-electron chi connectivity index (χ0n) is 18.8. The Morgan fingerprint density at radius 1 is 1.06 bits per heavy atom. The van der Waals surface area contributed by atoms with E-state index in [0.717, 1.165) is 36.3 Å². The molecular formula is C24H28F3N5O2. The molecule has 0 unspecified atom stereocenters. The van der Waals surface area contributed by atoms with E-state index in [1.54, 1.807) is 11.1 Å². The van der Waals surface area contributed by atoms with Crippen molar-refractivity contribution < 1.29 is 22.8 Å². The Morgan fingerprint density at radius 2 is 1.76 bits per heavy atom. The molecule has 2 saturated heterocycles. The third-order valence-electron chi connectivity index (χ3n) is 6.47. The molecule has 2 aliphatic rings. The number of likely N-dealkylation sites (tertiary alicyclic amines) is 1. The van der Waals surface area contributed by atoms with Gasteiger partial charge in [-0.25, -0.2) is 0 Å². The fourth-order valence-corrected chi connectivity index (χ4v) is 4.39. The second kappa shape index (κ2) is 10.4. The van der Waals surface area contributed by atoms with Gasteiger partial charge in [0.15, 0.2) is 5.82 Å². The smallest absolute Gasteiger partial charge is 0.353 e. The number of amides is 2. The number of rotatable bonds is 7. The van der Waals surface area contributed by atoms with Crippen LogP contribution in [0, 0.1) is 11.8 Å². The summed E-state index contributed by atoms with van der Waals surface area (Å²) in [6.07, 6.45) is -1.82. The molecule has 2 amide bonds. The molecule has 34 heavy (non-hydrogen) atoms. The van der Waals surface area contributed by atoms with Crippen LogP contribution in [-0.2, 0) is 16.0 Å². The van der Waals surface area contributed by atoms with E-state index in [-0.39, 0.29) is 11.8 Å². The standard InChI is InChI=1S/C24H28F3N5O2/c25-24(26,27)10-7-22(33)31-12-8-18(9-13-31)14-17-3-5-20(6-4-17)29-23(34)19-15-32(16-19)21-2-1-11-28-30-21/h1-6,11,18-19H,7-10,12-16H2,(H,29,34). The molecule has 10 heteroatoms. The molecule has 0 atom stereocenters. The SMILES string of the molecule is O=C(Nc1ccc(CC2CCN(C(=O)CCC(F)(F)F)CC2)cc1)C1CN(c2cccnn2)C1. The maximum atomic E-state index is 12.5. The Labute approximate surface area is 196 Å². The van der Waals surface area contributed by atoms with Crippen LogP contribution < -0.4 is 10.2 Å². The lowest BCUT2D eigenvalue weighted by Crippen LogP contribution is -2.52. The van der Waals surface area contributed by atoms with E-state index in [1.165, 1.54) is 0 Å². The summed E-state index contributed by atoms with van der Waals surface area (Å²) in [6.45, 7) is 2.23. The zero-order valence-corrected chi connectivity index (χ0v) is 18.8. The van der Waals surface area contributed by atoms with Crippen molar-refractivity contribution in [2.45, 2.75) is 38.3 Å². The summed E-state index contributed by atoms with van der Waals surface area (Å²) in [4.78, 5) is 28.0. The third-order valence-corrected chi connectivity index (χ3v) is 6.47. The largest absolute Gasteiger partial charge is 0.389 e. The van der Waals surface area contributed by atoms with Crippen molar-refractivity contribution in [1.82, 2.24) is 15.1 Å². The second-order valence-electron chi connectivity index (χ2n) is 9.01. The number of carbonyl (C=O) groups excluding carboxylic acids is 2. The minimum Gasteiger partial charge on any atom is -0.353 e. The minimum atomic E-state index is -4.30. The molecule has 3 heterocycles. The third kappa shape index (κ3) is 6.45. The average molecular weight is 476 g/mol. The number of benzene rings is 1. The van der Waals surface area contributed by atoms with Crippen molar-refractivity contribution in [2.24, 2.45) is 11.8 Å². The number of nitrogens with one attached hydrogen (secondary N) is 1. The fraction of sp³-hybridized carbons (Fsp3) is 0.500. The number of nitrogens with zero attached hydrogens (tertiary/aromatic N) is 4. The summed E-state index contributed by atoms with van der Waals surface area (Å²) in [7, 11) is 0. The van der Waals surface area contributed by atoms with Crippen molar-refractivity contribution in [3.63, 3.8) is 0 Å². The average Bonchev–Trinajstić information content (AvgIpc) is 2.78. The number of alkyl halides is 3.